The zero-order chi connectivity index (χ0) is 29.7. The lowest BCUT2D eigenvalue weighted by Gasteiger charge is -2.36. The molecule has 0 amide bonds. The Morgan fingerprint density at radius 2 is 1.38 bits per heavy atom. The molecule has 2 aliphatic rings. The number of H-pyrrole nitrogens is 2. The Hall–Kier alpha value is -2.45. The van der Waals surface area contributed by atoms with Crippen LogP contribution in [0.5, 0.6) is 0 Å². The summed E-state index contributed by atoms with van der Waals surface area (Å²) in [5.41, 5.74) is -1.87. The van der Waals surface area contributed by atoms with Crippen molar-refractivity contribution >= 4 is 8.53 Å². The summed E-state index contributed by atoms with van der Waals surface area (Å²) in [7, 11) is 0.416. The Kier molecular flexibility index (Phi) is 11.2. The van der Waals surface area contributed by atoms with Crippen LogP contribution < -0.4 is 22.5 Å². The van der Waals surface area contributed by atoms with Gasteiger partial charge >= 0.3 is 11.4 Å². The number of aromatic amines is 2. The molecule has 2 aromatic rings. The van der Waals surface area contributed by atoms with E-state index < -0.39 is 49.6 Å². The van der Waals surface area contributed by atoms with Crippen molar-refractivity contribution in [2.75, 3.05) is 7.11 Å². The molecule has 4 heterocycles. The molecule has 0 aliphatic carbocycles. The van der Waals surface area contributed by atoms with E-state index in [2.05, 4.69) is 42.3 Å². The summed E-state index contributed by atoms with van der Waals surface area (Å²) in [5.74, 6) is 0. The highest BCUT2D eigenvalue weighted by atomic mass is 31.2. The van der Waals surface area contributed by atoms with Crippen LogP contribution in [0.15, 0.2) is 43.7 Å². The van der Waals surface area contributed by atoms with Gasteiger partial charge in [0.25, 0.3) is 19.6 Å². The van der Waals surface area contributed by atoms with E-state index in [1.165, 1.54) is 33.7 Å². The second-order valence-electron chi connectivity index (χ2n) is 10.3. The molecular weight excluding hydrogens is 545 g/mol. The summed E-state index contributed by atoms with van der Waals surface area (Å²) in [5, 5.41) is 9.46. The van der Waals surface area contributed by atoms with Crippen LogP contribution in [-0.4, -0.2) is 72.5 Å². The Morgan fingerprint density at radius 1 is 0.900 bits per heavy atom. The predicted molar refractivity (Wildman–Crippen MR) is 148 cm³/mol. The molecule has 2 saturated heterocycles. The minimum atomic E-state index is -1.23. The van der Waals surface area contributed by atoms with Gasteiger partial charge in [-0.05, 0) is 41.5 Å². The molecular formula is C25H40N5O9P. The first-order valence-corrected chi connectivity index (χ1v) is 14.4. The Morgan fingerprint density at radius 3 is 1.77 bits per heavy atom. The minimum Gasteiger partial charge on any atom is -0.390 e. The molecule has 224 valence electrons. The first kappa shape index (κ1) is 32.1. The lowest BCUT2D eigenvalue weighted by Crippen LogP contribution is -2.35. The normalized spacial score (nSPS) is 27.3. The summed E-state index contributed by atoms with van der Waals surface area (Å²) < 4.78 is 28.0. The lowest BCUT2D eigenvalue weighted by atomic mass is 10.2. The van der Waals surface area contributed by atoms with E-state index in [9.17, 15) is 24.3 Å². The van der Waals surface area contributed by atoms with Gasteiger partial charge in [-0.2, -0.15) is 0 Å². The van der Waals surface area contributed by atoms with E-state index in [1.54, 1.807) is 14.0 Å². The van der Waals surface area contributed by atoms with Gasteiger partial charge < -0.3 is 23.6 Å². The number of aliphatic hydroxyl groups is 1. The molecule has 7 atom stereocenters. The Labute approximate surface area is 232 Å². The average Bonchev–Trinajstić information content (AvgIpc) is 3.39. The maximum atomic E-state index is 12.0. The molecule has 0 spiro atoms. The molecule has 15 heteroatoms. The van der Waals surface area contributed by atoms with Gasteiger partial charge in [-0.25, -0.2) is 14.3 Å². The summed E-state index contributed by atoms with van der Waals surface area (Å²) in [4.78, 5) is 49.8. The van der Waals surface area contributed by atoms with Crippen molar-refractivity contribution < 1.29 is 23.6 Å². The standard InChI is InChI=1S/C16H28N3O5P.C9H12N2O4/c1-10(2)19(11(3)4)25(22-6)24-13-9-15(23-12(13)5)18-8-7-14(20)17-16(18)21;1-5-6(12)4-8(15-5)11-3-2-7(13)10-9(11)14/h7-8,10-13,15H,9H2,1-6H3,(H,17,20,21);2-3,5-6,8,12H,4H2,1H3,(H,10,13,14)/t12-,13?,15-,25?;5-,6?,8-/m11/s1. The van der Waals surface area contributed by atoms with Gasteiger partial charge in [0.05, 0.1) is 24.4 Å². The van der Waals surface area contributed by atoms with Crippen molar-refractivity contribution in [1.29, 1.82) is 0 Å². The van der Waals surface area contributed by atoms with Crippen LogP contribution in [-0.2, 0) is 18.5 Å². The third-order valence-electron chi connectivity index (χ3n) is 6.64. The van der Waals surface area contributed by atoms with Crippen LogP contribution in [0.1, 0.15) is 66.8 Å². The Bertz CT molecular complexity index is 1320. The van der Waals surface area contributed by atoms with Gasteiger partial charge in [0, 0.05) is 56.6 Å². The second-order valence-corrected chi connectivity index (χ2v) is 11.8. The van der Waals surface area contributed by atoms with Crippen LogP contribution in [0.4, 0.5) is 0 Å². The number of aliphatic hydroxyl groups excluding tert-OH is 1. The quantitative estimate of drug-likeness (QED) is 0.385. The zero-order valence-corrected chi connectivity index (χ0v) is 24.7. The van der Waals surface area contributed by atoms with E-state index in [0.717, 1.165) is 0 Å². The number of ether oxygens (including phenoxy) is 2. The monoisotopic (exact) mass is 585 g/mol. The lowest BCUT2D eigenvalue weighted by molar-refractivity contribution is -0.0101. The molecule has 2 fully saturated rings. The molecule has 0 aromatic carbocycles. The second kappa shape index (κ2) is 13.9. The van der Waals surface area contributed by atoms with Crippen LogP contribution in [0.2, 0.25) is 0 Å². The van der Waals surface area contributed by atoms with Crippen LogP contribution >= 0.6 is 8.53 Å². The van der Waals surface area contributed by atoms with Gasteiger partial charge in [0.15, 0.2) is 0 Å². The van der Waals surface area contributed by atoms with Gasteiger partial charge in [-0.3, -0.25) is 28.7 Å². The fourth-order valence-corrected chi connectivity index (χ4v) is 6.28. The van der Waals surface area contributed by atoms with Crippen LogP contribution in [0.25, 0.3) is 0 Å². The van der Waals surface area contributed by atoms with E-state index in [4.69, 9.17) is 18.5 Å². The highest BCUT2D eigenvalue weighted by Gasteiger charge is 2.39. The fraction of sp³-hybridized carbons (Fsp3) is 0.680. The van der Waals surface area contributed by atoms with E-state index in [1.807, 2.05) is 6.92 Å². The summed E-state index contributed by atoms with van der Waals surface area (Å²) in [6, 6.07) is 3.12. The Balaban J connectivity index is 0.000000249. The number of nitrogens with one attached hydrogen (secondary N) is 2. The zero-order valence-electron chi connectivity index (χ0n) is 23.8. The topological polar surface area (TPSA) is 170 Å². The smallest absolute Gasteiger partial charge is 0.330 e. The third-order valence-corrected chi connectivity index (χ3v) is 8.70. The molecule has 2 aromatic heterocycles. The molecule has 40 heavy (non-hydrogen) atoms. The third kappa shape index (κ3) is 7.84. The largest absolute Gasteiger partial charge is 0.390 e. The highest BCUT2D eigenvalue weighted by molar-refractivity contribution is 7.44. The summed E-state index contributed by atoms with van der Waals surface area (Å²) in [6.45, 7) is 12.1. The molecule has 3 unspecified atom stereocenters. The van der Waals surface area contributed by atoms with Crippen molar-refractivity contribution in [3.05, 3.63) is 66.2 Å². The maximum absolute atomic E-state index is 12.0. The molecule has 0 saturated carbocycles. The van der Waals surface area contributed by atoms with E-state index in [-0.39, 0.29) is 30.4 Å². The number of hydrogen-bond donors (Lipinski definition) is 3. The van der Waals surface area contributed by atoms with E-state index >= 15 is 0 Å². The molecule has 0 radical (unpaired) electrons. The van der Waals surface area contributed by atoms with Gasteiger partial charge in [-0.1, -0.05) is 0 Å². The van der Waals surface area contributed by atoms with Crippen molar-refractivity contribution in [3.63, 3.8) is 0 Å². The first-order chi connectivity index (χ1) is 18.8. The first-order valence-electron chi connectivity index (χ1n) is 13.2. The fourth-order valence-electron chi connectivity index (χ4n) is 4.65. The summed E-state index contributed by atoms with van der Waals surface area (Å²) in [6.07, 6.45) is 1.46. The number of rotatable bonds is 8. The van der Waals surface area contributed by atoms with Crippen molar-refractivity contribution in [2.45, 2.75) is 103 Å². The van der Waals surface area contributed by atoms with Gasteiger partial charge in [-0.15, -0.1) is 0 Å². The van der Waals surface area contributed by atoms with Crippen molar-refractivity contribution in [1.82, 2.24) is 23.8 Å². The molecule has 14 nitrogen and oxygen atoms in total. The van der Waals surface area contributed by atoms with Crippen molar-refractivity contribution in [2.24, 2.45) is 0 Å². The molecule has 4 rings (SSSR count). The van der Waals surface area contributed by atoms with Crippen molar-refractivity contribution in [3.8, 4) is 0 Å². The summed E-state index contributed by atoms with van der Waals surface area (Å²) >= 11 is 0. The molecule has 3 N–H and O–H groups in total. The number of nitrogens with zero attached hydrogens (tertiary/aromatic N) is 3. The van der Waals surface area contributed by atoms with Gasteiger partial charge in [0.2, 0.25) is 0 Å². The van der Waals surface area contributed by atoms with E-state index in [0.29, 0.717) is 12.8 Å². The highest BCUT2D eigenvalue weighted by Crippen LogP contribution is 2.49. The maximum Gasteiger partial charge on any atom is 0.330 e. The molecule has 2 aliphatic heterocycles. The van der Waals surface area contributed by atoms with Gasteiger partial charge in [0.1, 0.15) is 12.5 Å². The predicted octanol–water partition coefficient (Wildman–Crippen LogP) is 1.43. The van der Waals surface area contributed by atoms with Crippen LogP contribution in [0, 0.1) is 0 Å². The number of hydrogen-bond acceptors (Lipinski definition) is 10. The molecule has 0 bridgehead atoms. The SMILES string of the molecule is COP(OC1C[C@H](n2ccc(=O)[nH]c2=O)O[C@@H]1C)N(C(C)C)C(C)C.C[C@H]1O[C@@H](n2ccc(=O)[nH]c2=O)CC1O. The van der Waals surface area contributed by atoms with Crippen LogP contribution in [0.3, 0.4) is 0 Å². The average molecular weight is 586 g/mol. The number of aromatic nitrogens is 4. The minimum absolute atomic E-state index is 0.190.